The molecule has 0 fully saturated rings. The Labute approximate surface area is 107 Å². The van der Waals surface area contributed by atoms with E-state index >= 15 is 0 Å². The topological polar surface area (TPSA) is 77.7 Å². The number of aryl methyl sites for hydroxylation is 1. The molecule has 2 aromatic rings. The predicted molar refractivity (Wildman–Crippen MR) is 64.6 cm³/mol. The summed E-state index contributed by atoms with van der Waals surface area (Å²) in [6.07, 6.45) is 0. The van der Waals surface area contributed by atoms with Gasteiger partial charge in [0.1, 0.15) is 5.69 Å². The largest absolute Gasteiger partial charge is 0.296 e. The molecule has 0 aliphatic heterocycles. The highest BCUT2D eigenvalue weighted by molar-refractivity contribution is 8.13. The molecule has 0 aromatic carbocycles. The van der Waals surface area contributed by atoms with Crippen LogP contribution in [0.4, 0.5) is 0 Å². The number of thiazole rings is 1. The highest BCUT2D eigenvalue weighted by Crippen LogP contribution is 2.23. The number of aromatic nitrogens is 4. The summed E-state index contributed by atoms with van der Waals surface area (Å²) >= 11 is 1.46. The van der Waals surface area contributed by atoms with Gasteiger partial charge in [0, 0.05) is 22.6 Å². The zero-order valence-electron chi connectivity index (χ0n) is 9.08. The summed E-state index contributed by atoms with van der Waals surface area (Å²) < 4.78 is 24.0. The normalized spacial score (nSPS) is 11.9. The fraction of sp³-hybridized carbons (Fsp3) is 0.375. The molecule has 92 valence electrons. The second-order valence-electron chi connectivity index (χ2n) is 3.24. The van der Waals surface area contributed by atoms with Gasteiger partial charge in [-0.25, -0.2) is 13.4 Å². The van der Waals surface area contributed by atoms with Crippen LogP contribution in [-0.4, -0.2) is 28.2 Å². The van der Waals surface area contributed by atoms with E-state index in [2.05, 4.69) is 15.2 Å². The van der Waals surface area contributed by atoms with Crippen LogP contribution in [-0.2, 0) is 15.6 Å². The van der Waals surface area contributed by atoms with Crippen molar-refractivity contribution in [1.82, 2.24) is 19.7 Å². The van der Waals surface area contributed by atoms with Crippen molar-refractivity contribution in [3.05, 3.63) is 10.4 Å². The van der Waals surface area contributed by atoms with Crippen molar-refractivity contribution >= 4 is 31.1 Å². The molecule has 0 amide bonds. The Morgan fingerprint density at radius 2 is 2.18 bits per heavy atom. The zero-order chi connectivity index (χ0) is 12.6. The first-order valence-electron chi connectivity index (χ1n) is 4.74. The predicted octanol–water partition coefficient (Wildman–Crippen LogP) is 1.66. The fourth-order valence-corrected chi connectivity index (χ4v) is 2.96. The number of rotatable bonds is 3. The third kappa shape index (κ3) is 2.33. The minimum Gasteiger partial charge on any atom is -0.296 e. The molecule has 9 heteroatoms. The smallest absolute Gasteiger partial charge is 0.296 e. The molecule has 2 heterocycles. The molecule has 6 nitrogen and oxygen atoms in total. The molecule has 0 bridgehead atoms. The maximum absolute atomic E-state index is 11.3. The average Bonchev–Trinajstić information content (AvgIpc) is 2.81. The van der Waals surface area contributed by atoms with Gasteiger partial charge in [0.15, 0.2) is 5.82 Å². The lowest BCUT2D eigenvalue weighted by Gasteiger charge is -2.02. The summed E-state index contributed by atoms with van der Waals surface area (Å²) in [6.45, 7) is 4.05. The van der Waals surface area contributed by atoms with Crippen molar-refractivity contribution in [2.24, 2.45) is 0 Å². The highest BCUT2D eigenvalue weighted by atomic mass is 35.7. The Bertz CT molecular complexity index is 646. The van der Waals surface area contributed by atoms with Gasteiger partial charge in [-0.05, 0) is 13.8 Å². The average molecular weight is 293 g/mol. The number of nitrogens with zero attached hydrogens (tertiary/aromatic N) is 4. The van der Waals surface area contributed by atoms with Gasteiger partial charge in [-0.15, -0.1) is 21.5 Å². The van der Waals surface area contributed by atoms with Crippen LogP contribution in [0.15, 0.2) is 10.5 Å². The molecule has 0 saturated heterocycles. The lowest BCUT2D eigenvalue weighted by Crippen LogP contribution is -2.06. The van der Waals surface area contributed by atoms with E-state index in [4.69, 9.17) is 10.7 Å². The first-order valence-corrected chi connectivity index (χ1v) is 7.92. The van der Waals surface area contributed by atoms with E-state index in [-0.39, 0.29) is 5.16 Å². The Balaban J connectivity index is 2.61. The van der Waals surface area contributed by atoms with E-state index in [1.165, 1.54) is 15.9 Å². The van der Waals surface area contributed by atoms with Gasteiger partial charge < -0.3 is 0 Å². The molecule has 2 aromatic heterocycles. The summed E-state index contributed by atoms with van der Waals surface area (Å²) in [7, 11) is 1.39. The third-order valence-electron chi connectivity index (χ3n) is 2.10. The molecule has 0 radical (unpaired) electrons. The van der Waals surface area contributed by atoms with Gasteiger partial charge in [0.05, 0.1) is 5.01 Å². The minimum absolute atomic E-state index is 0.248. The van der Waals surface area contributed by atoms with E-state index < -0.39 is 9.05 Å². The first-order chi connectivity index (χ1) is 7.93. The van der Waals surface area contributed by atoms with Crippen LogP contribution in [0.25, 0.3) is 11.5 Å². The summed E-state index contributed by atoms with van der Waals surface area (Å²) in [5, 5.41) is 9.86. The van der Waals surface area contributed by atoms with Gasteiger partial charge in [-0.2, -0.15) is 0 Å². The quantitative estimate of drug-likeness (QED) is 0.804. The second kappa shape index (κ2) is 4.35. The molecule has 0 atom stereocenters. The van der Waals surface area contributed by atoms with E-state index in [0.29, 0.717) is 18.1 Å². The number of hydrogen-bond acceptors (Lipinski definition) is 6. The van der Waals surface area contributed by atoms with Crippen molar-refractivity contribution in [3.8, 4) is 11.5 Å². The van der Waals surface area contributed by atoms with Crippen LogP contribution in [0.1, 0.15) is 11.9 Å². The van der Waals surface area contributed by atoms with Crippen LogP contribution in [0.5, 0.6) is 0 Å². The molecule has 0 unspecified atom stereocenters. The Morgan fingerprint density at radius 3 is 2.65 bits per heavy atom. The van der Waals surface area contributed by atoms with E-state index in [0.717, 1.165) is 5.01 Å². The van der Waals surface area contributed by atoms with Crippen molar-refractivity contribution in [1.29, 1.82) is 0 Å². The van der Waals surface area contributed by atoms with Crippen LogP contribution >= 0.6 is 22.0 Å². The van der Waals surface area contributed by atoms with Gasteiger partial charge in [-0.3, -0.25) is 4.57 Å². The van der Waals surface area contributed by atoms with E-state index in [1.807, 2.05) is 6.92 Å². The molecule has 2 rings (SSSR count). The Hall–Kier alpha value is -0.990. The summed E-state index contributed by atoms with van der Waals surface area (Å²) in [5.41, 5.74) is 0.605. The van der Waals surface area contributed by atoms with Crippen molar-refractivity contribution < 1.29 is 8.42 Å². The molecule has 0 aliphatic rings. The fourth-order valence-electron chi connectivity index (χ4n) is 1.41. The molecular weight excluding hydrogens is 284 g/mol. The van der Waals surface area contributed by atoms with Crippen LogP contribution in [0.2, 0.25) is 0 Å². The first kappa shape index (κ1) is 12.5. The molecule has 0 spiro atoms. The molecule has 0 N–H and O–H groups in total. The van der Waals surface area contributed by atoms with Crippen LogP contribution in [0, 0.1) is 6.92 Å². The maximum Gasteiger partial charge on any atom is 0.296 e. The summed E-state index contributed by atoms with van der Waals surface area (Å²) in [4.78, 5) is 4.24. The summed E-state index contributed by atoms with van der Waals surface area (Å²) in [5.74, 6) is 0.413. The third-order valence-corrected chi connectivity index (χ3v) is 4.02. The van der Waals surface area contributed by atoms with Gasteiger partial charge in [-0.1, -0.05) is 0 Å². The molecule has 0 saturated carbocycles. The number of halogens is 1. The SMILES string of the molecule is CCn1c(-c2csc(C)n2)nnc1S(=O)(=O)Cl. The zero-order valence-corrected chi connectivity index (χ0v) is 11.5. The molecular formula is C8H9ClN4O2S2. The van der Waals surface area contributed by atoms with Crippen molar-refractivity contribution in [2.45, 2.75) is 25.5 Å². The summed E-state index contributed by atoms with van der Waals surface area (Å²) in [6, 6.07) is 0. The lowest BCUT2D eigenvalue weighted by molar-refractivity contribution is 0.582. The van der Waals surface area contributed by atoms with Crippen LogP contribution < -0.4 is 0 Å². The van der Waals surface area contributed by atoms with Gasteiger partial charge >= 0.3 is 0 Å². The minimum atomic E-state index is -3.89. The van der Waals surface area contributed by atoms with Gasteiger partial charge in [0.25, 0.3) is 14.2 Å². The number of hydrogen-bond donors (Lipinski definition) is 0. The highest BCUT2D eigenvalue weighted by Gasteiger charge is 2.23. The monoisotopic (exact) mass is 292 g/mol. The van der Waals surface area contributed by atoms with Crippen LogP contribution in [0.3, 0.4) is 0 Å². The molecule has 17 heavy (non-hydrogen) atoms. The van der Waals surface area contributed by atoms with Crippen molar-refractivity contribution in [3.63, 3.8) is 0 Å². The van der Waals surface area contributed by atoms with Gasteiger partial charge in [0.2, 0.25) is 0 Å². The molecule has 0 aliphatic carbocycles. The Kier molecular flexibility index (Phi) is 3.19. The lowest BCUT2D eigenvalue weighted by atomic mass is 10.4. The standard InChI is InChI=1S/C8H9ClN4O2S2/c1-3-13-7(6-4-16-5(2)10-6)11-12-8(13)17(9,14)15/h4H,3H2,1-2H3. The van der Waals surface area contributed by atoms with E-state index in [9.17, 15) is 8.42 Å². The maximum atomic E-state index is 11.3. The van der Waals surface area contributed by atoms with Crippen molar-refractivity contribution in [2.75, 3.05) is 0 Å². The van der Waals surface area contributed by atoms with E-state index in [1.54, 1.807) is 12.3 Å². The Morgan fingerprint density at radius 1 is 1.47 bits per heavy atom. The second-order valence-corrected chi connectivity index (χ2v) is 6.76.